The Morgan fingerprint density at radius 1 is 1.50 bits per heavy atom. The van der Waals surface area contributed by atoms with Gasteiger partial charge in [0.2, 0.25) is 0 Å². The van der Waals surface area contributed by atoms with Gasteiger partial charge in [-0.2, -0.15) is 0 Å². The molecule has 0 radical (unpaired) electrons. The predicted octanol–water partition coefficient (Wildman–Crippen LogP) is 2.94. The van der Waals surface area contributed by atoms with Gasteiger partial charge in [0.15, 0.2) is 5.16 Å². The fraction of sp³-hybridized carbons (Fsp3) is 0.231. The second kappa shape index (κ2) is 5.73. The highest BCUT2D eigenvalue weighted by molar-refractivity contribution is 7.99. The maximum Gasteiger partial charge on any atom is 0.195 e. The fourth-order valence-corrected chi connectivity index (χ4v) is 2.22. The summed E-state index contributed by atoms with van der Waals surface area (Å²) in [4.78, 5) is 0. The number of hydrogen-bond donors (Lipinski definition) is 0. The van der Waals surface area contributed by atoms with Gasteiger partial charge < -0.3 is 4.74 Å². The molecule has 0 fully saturated rings. The molecule has 2 aromatic rings. The number of thioether (sulfide) groups is 1. The summed E-state index contributed by atoms with van der Waals surface area (Å²) in [5, 5.41) is 8.92. The Labute approximate surface area is 111 Å². The number of ether oxygens (including phenoxy) is 1. The van der Waals surface area contributed by atoms with Gasteiger partial charge in [-0.25, -0.2) is 0 Å². The molecule has 0 spiro atoms. The molecule has 0 aliphatic rings. The van der Waals surface area contributed by atoms with Crippen molar-refractivity contribution >= 4 is 11.8 Å². The Hall–Kier alpha value is -1.75. The number of methoxy groups -OCH3 is 1. The molecule has 0 saturated heterocycles. The van der Waals surface area contributed by atoms with E-state index in [-0.39, 0.29) is 0 Å². The van der Waals surface area contributed by atoms with Crippen LogP contribution in [0.2, 0.25) is 0 Å². The van der Waals surface area contributed by atoms with Crippen LogP contribution in [-0.4, -0.2) is 27.6 Å². The molecule has 0 N–H and O–H groups in total. The zero-order valence-electron chi connectivity index (χ0n) is 10.5. The molecule has 2 rings (SSSR count). The zero-order valence-corrected chi connectivity index (χ0v) is 11.3. The van der Waals surface area contributed by atoms with Crippen molar-refractivity contribution in [2.24, 2.45) is 0 Å². The minimum absolute atomic E-state index is 0.817. The van der Waals surface area contributed by atoms with Crippen LogP contribution in [0.25, 0.3) is 5.69 Å². The lowest BCUT2D eigenvalue weighted by molar-refractivity contribution is 0.414. The SMILES string of the molecule is C=C(C)CSc1nncn1-c1cccc(OC)c1. The van der Waals surface area contributed by atoms with Crippen molar-refractivity contribution in [2.75, 3.05) is 12.9 Å². The smallest absolute Gasteiger partial charge is 0.195 e. The number of hydrogen-bond acceptors (Lipinski definition) is 4. The third-order valence-corrected chi connectivity index (χ3v) is 3.47. The number of benzene rings is 1. The molecule has 0 atom stereocenters. The average molecular weight is 261 g/mol. The van der Waals surface area contributed by atoms with Gasteiger partial charge in [-0.05, 0) is 19.1 Å². The number of rotatable bonds is 5. The second-order valence-corrected chi connectivity index (χ2v) is 4.87. The monoisotopic (exact) mass is 261 g/mol. The Bertz CT molecular complexity index is 551. The summed E-state index contributed by atoms with van der Waals surface area (Å²) in [6.07, 6.45) is 1.70. The van der Waals surface area contributed by atoms with Gasteiger partial charge in [-0.3, -0.25) is 4.57 Å². The van der Waals surface area contributed by atoms with E-state index in [0.717, 1.165) is 27.9 Å². The molecule has 0 unspecified atom stereocenters. The number of aromatic nitrogens is 3. The Morgan fingerprint density at radius 3 is 3.06 bits per heavy atom. The standard InChI is InChI=1S/C13H15N3OS/c1-10(2)8-18-13-15-14-9-16(13)11-5-4-6-12(7-11)17-3/h4-7,9H,1,8H2,2-3H3. The van der Waals surface area contributed by atoms with Crippen LogP contribution in [-0.2, 0) is 0 Å². The van der Waals surface area contributed by atoms with Gasteiger partial charge in [0, 0.05) is 11.8 Å². The predicted molar refractivity (Wildman–Crippen MR) is 73.4 cm³/mol. The van der Waals surface area contributed by atoms with Gasteiger partial charge in [-0.1, -0.05) is 30.0 Å². The van der Waals surface area contributed by atoms with E-state index in [4.69, 9.17) is 4.74 Å². The highest BCUT2D eigenvalue weighted by Gasteiger charge is 2.07. The number of nitrogens with zero attached hydrogens (tertiary/aromatic N) is 3. The van der Waals surface area contributed by atoms with Crippen LogP contribution in [0.3, 0.4) is 0 Å². The summed E-state index contributed by atoms with van der Waals surface area (Å²) in [7, 11) is 1.65. The van der Waals surface area contributed by atoms with Crippen LogP contribution in [0.1, 0.15) is 6.92 Å². The molecule has 94 valence electrons. The molecule has 1 aromatic carbocycles. The van der Waals surface area contributed by atoms with Crippen LogP contribution >= 0.6 is 11.8 Å². The van der Waals surface area contributed by atoms with Crippen molar-refractivity contribution in [3.8, 4) is 11.4 Å². The lowest BCUT2D eigenvalue weighted by Gasteiger charge is -2.07. The van der Waals surface area contributed by atoms with E-state index < -0.39 is 0 Å². The third-order valence-electron chi connectivity index (χ3n) is 2.30. The summed E-state index contributed by atoms with van der Waals surface area (Å²) >= 11 is 1.62. The van der Waals surface area contributed by atoms with Gasteiger partial charge in [0.25, 0.3) is 0 Å². The van der Waals surface area contributed by atoms with Crippen LogP contribution in [0.15, 0.2) is 47.9 Å². The van der Waals surface area contributed by atoms with E-state index >= 15 is 0 Å². The summed E-state index contributed by atoms with van der Waals surface area (Å²) in [5.74, 6) is 1.65. The minimum atomic E-state index is 0.817. The quantitative estimate of drug-likeness (QED) is 0.613. The van der Waals surface area contributed by atoms with Crippen molar-refractivity contribution in [2.45, 2.75) is 12.1 Å². The first-order chi connectivity index (χ1) is 8.70. The summed E-state index contributed by atoms with van der Waals surface area (Å²) in [5.41, 5.74) is 2.10. The zero-order chi connectivity index (χ0) is 13.0. The lowest BCUT2D eigenvalue weighted by Crippen LogP contribution is -1.96. The molecular formula is C13H15N3OS. The fourth-order valence-electron chi connectivity index (χ4n) is 1.45. The van der Waals surface area contributed by atoms with Crippen molar-refractivity contribution in [3.63, 3.8) is 0 Å². The molecule has 0 bridgehead atoms. The lowest BCUT2D eigenvalue weighted by atomic mass is 10.3. The normalized spacial score (nSPS) is 10.3. The largest absolute Gasteiger partial charge is 0.497 e. The highest BCUT2D eigenvalue weighted by atomic mass is 32.2. The Morgan fingerprint density at radius 2 is 2.33 bits per heavy atom. The Balaban J connectivity index is 2.27. The molecule has 1 aromatic heterocycles. The molecule has 5 heteroatoms. The molecule has 1 heterocycles. The topological polar surface area (TPSA) is 39.9 Å². The van der Waals surface area contributed by atoms with Crippen molar-refractivity contribution in [1.29, 1.82) is 0 Å². The van der Waals surface area contributed by atoms with Crippen molar-refractivity contribution in [1.82, 2.24) is 14.8 Å². The molecule has 0 aliphatic heterocycles. The maximum absolute atomic E-state index is 5.22. The van der Waals surface area contributed by atoms with Crippen molar-refractivity contribution < 1.29 is 4.74 Å². The van der Waals surface area contributed by atoms with Gasteiger partial charge in [0.1, 0.15) is 12.1 Å². The van der Waals surface area contributed by atoms with Gasteiger partial charge >= 0.3 is 0 Å². The molecule has 0 aliphatic carbocycles. The van der Waals surface area contributed by atoms with E-state index in [2.05, 4.69) is 16.8 Å². The first-order valence-electron chi connectivity index (χ1n) is 5.52. The van der Waals surface area contributed by atoms with E-state index in [0.29, 0.717) is 0 Å². The summed E-state index contributed by atoms with van der Waals surface area (Å²) in [6, 6.07) is 7.81. The van der Waals surface area contributed by atoms with Crippen LogP contribution < -0.4 is 4.74 Å². The third kappa shape index (κ3) is 2.92. The first-order valence-corrected chi connectivity index (χ1v) is 6.51. The van der Waals surface area contributed by atoms with Gasteiger partial charge in [0.05, 0.1) is 12.8 Å². The second-order valence-electron chi connectivity index (χ2n) is 3.93. The summed E-state index contributed by atoms with van der Waals surface area (Å²) < 4.78 is 7.16. The van der Waals surface area contributed by atoms with Crippen LogP contribution in [0, 0.1) is 0 Å². The van der Waals surface area contributed by atoms with E-state index in [9.17, 15) is 0 Å². The van der Waals surface area contributed by atoms with Gasteiger partial charge in [-0.15, -0.1) is 10.2 Å². The molecule has 0 amide bonds. The average Bonchev–Trinajstić information content (AvgIpc) is 2.84. The van der Waals surface area contributed by atoms with E-state index in [1.54, 1.807) is 25.2 Å². The van der Waals surface area contributed by atoms with Crippen LogP contribution in [0.5, 0.6) is 5.75 Å². The first kappa shape index (κ1) is 12.7. The van der Waals surface area contributed by atoms with E-state index in [1.165, 1.54) is 0 Å². The summed E-state index contributed by atoms with van der Waals surface area (Å²) in [6.45, 7) is 5.89. The molecular weight excluding hydrogens is 246 g/mol. The van der Waals surface area contributed by atoms with E-state index in [1.807, 2.05) is 35.8 Å². The minimum Gasteiger partial charge on any atom is -0.497 e. The van der Waals surface area contributed by atoms with Crippen LogP contribution in [0.4, 0.5) is 0 Å². The maximum atomic E-state index is 5.22. The molecule has 4 nitrogen and oxygen atoms in total. The Kier molecular flexibility index (Phi) is 4.04. The van der Waals surface area contributed by atoms with Crippen molar-refractivity contribution in [3.05, 3.63) is 42.7 Å². The molecule has 0 saturated carbocycles. The highest BCUT2D eigenvalue weighted by Crippen LogP contribution is 2.23. The molecule has 18 heavy (non-hydrogen) atoms.